The normalized spacial score (nSPS) is 20.2. The lowest BCUT2D eigenvalue weighted by atomic mass is 10.0. The summed E-state index contributed by atoms with van der Waals surface area (Å²) in [6, 6.07) is -6.64. The molecule has 1 fully saturated rings. The minimum Gasteiger partial charge on any atom is -0.393 e. The van der Waals surface area contributed by atoms with Crippen LogP contribution in [-0.4, -0.2) is 141 Å². The maximum Gasteiger partial charge on any atom is 0.243 e. The summed E-state index contributed by atoms with van der Waals surface area (Å²) >= 11 is 0. The molecule has 22 nitrogen and oxygen atoms in total. The van der Waals surface area contributed by atoms with Crippen LogP contribution in [0, 0.1) is 0 Å². The third-order valence-corrected chi connectivity index (χ3v) is 13.5. The maximum absolute atomic E-state index is 14.4. The molecule has 434 valence electrons. The van der Waals surface area contributed by atoms with E-state index in [0.717, 1.165) is 25.7 Å². The summed E-state index contributed by atoms with van der Waals surface area (Å²) in [6.45, 7) is 3.67. The first-order valence-corrected chi connectivity index (χ1v) is 28.8. The van der Waals surface area contributed by atoms with Crippen molar-refractivity contribution in [2.24, 2.45) is 28.7 Å². The fourth-order valence-corrected chi connectivity index (χ4v) is 8.93. The molecule has 1 rings (SSSR count). The van der Waals surface area contributed by atoms with E-state index in [1.165, 1.54) is 38.5 Å². The van der Waals surface area contributed by atoms with Crippen LogP contribution in [0.3, 0.4) is 0 Å². The quantitative estimate of drug-likeness (QED) is 0.0384. The summed E-state index contributed by atoms with van der Waals surface area (Å²) in [4.78, 5) is 110. The first kappa shape index (κ1) is 68.5. The first-order chi connectivity index (χ1) is 36.2. The minimum atomic E-state index is -1.22. The van der Waals surface area contributed by atoms with Crippen LogP contribution in [0.25, 0.3) is 0 Å². The van der Waals surface area contributed by atoms with Gasteiger partial charge in [0, 0.05) is 6.54 Å². The largest absolute Gasteiger partial charge is 0.393 e. The van der Waals surface area contributed by atoms with Gasteiger partial charge in [-0.3, -0.25) is 38.4 Å². The van der Waals surface area contributed by atoms with E-state index in [2.05, 4.69) is 49.5 Å². The smallest absolute Gasteiger partial charge is 0.243 e. The predicted octanol–water partition coefficient (Wildman–Crippen LogP) is 1.02. The molecule has 0 aromatic heterocycles. The second kappa shape index (κ2) is 44.6. The molecule has 75 heavy (non-hydrogen) atoms. The Hall–Kier alpha value is -4.48. The van der Waals surface area contributed by atoms with Gasteiger partial charge in [0.05, 0.1) is 19.1 Å². The first-order valence-electron chi connectivity index (χ1n) is 28.8. The number of nitrogens with two attached hydrogens (primary N) is 5. The number of carbonyl (C=O) groups excluding carboxylic acids is 8. The van der Waals surface area contributed by atoms with Crippen molar-refractivity contribution in [1.29, 1.82) is 0 Å². The second-order valence-corrected chi connectivity index (χ2v) is 20.2. The van der Waals surface area contributed by atoms with Crippen LogP contribution in [0.2, 0.25) is 0 Å². The molecule has 7 atom stereocenters. The Morgan fingerprint density at radius 1 is 0.520 bits per heavy atom. The highest BCUT2D eigenvalue weighted by atomic mass is 16.3. The molecule has 8 amide bonds. The second-order valence-electron chi connectivity index (χ2n) is 20.2. The molecule has 0 saturated carbocycles. The number of carbonyl (C=O) groups is 8. The van der Waals surface area contributed by atoms with Crippen molar-refractivity contribution in [1.82, 2.24) is 42.5 Å². The van der Waals surface area contributed by atoms with Crippen molar-refractivity contribution in [3.8, 4) is 0 Å². The fourth-order valence-electron chi connectivity index (χ4n) is 8.93. The summed E-state index contributed by atoms with van der Waals surface area (Å²) in [7, 11) is 0. The van der Waals surface area contributed by atoms with Gasteiger partial charge in [-0.25, -0.2) is 0 Å². The zero-order valence-corrected chi connectivity index (χ0v) is 45.8. The molecule has 0 unspecified atom stereocenters. The molecule has 0 spiro atoms. The van der Waals surface area contributed by atoms with Gasteiger partial charge in [0.25, 0.3) is 0 Å². The molecule has 22 heteroatoms. The standard InChI is InChI=1S/C53H103N13O9/c1-2-3-4-5-6-7-8-9-10-11-24-39(67)37-46(68)60-38-47(69)61-41(26-13-19-32-55)49(71)63-45-30-17-23-36-59-48(70)40(25-12-18-31-54)62-50(72)42(27-14-20-33-56)64-51(73)43(28-15-21-34-57)65-52(74)44(66-53(45)75)29-16-22-35-58/h39-45,67H,2-38,54-58H2,1H3,(H,59,70)(H,60,68)(H,61,69)(H,62,72)(H,63,71)(H,64,73)(H,65,74)(H,66,75)/t39-,40+,41+,42-,43-,44+,45-/m1/s1. The van der Waals surface area contributed by atoms with Crippen molar-refractivity contribution in [2.75, 3.05) is 45.8 Å². The zero-order valence-electron chi connectivity index (χ0n) is 45.8. The van der Waals surface area contributed by atoms with Gasteiger partial charge in [-0.15, -0.1) is 0 Å². The average molecular weight is 1070 g/mol. The molecule has 1 aliphatic rings. The Morgan fingerprint density at radius 3 is 1.40 bits per heavy atom. The summed E-state index contributed by atoms with van der Waals surface area (Å²) in [5.74, 6) is -4.80. The topological polar surface area (TPSA) is 383 Å². The maximum atomic E-state index is 14.4. The Bertz CT molecular complexity index is 1610. The van der Waals surface area contributed by atoms with E-state index < -0.39 is 96.2 Å². The SMILES string of the molecule is CCCCCCCCCCCC[C@@H](O)CC(=O)NCC(=O)N[C@@H](CCCCN)C(=O)N[C@@H]1CCCCNC(=O)[C@H](CCCCN)NC(=O)[C@@H](CCCCN)NC(=O)[C@@H](CCCCN)NC(=O)[C@H](CCCCN)NC1=O. The summed E-state index contributed by atoms with van der Waals surface area (Å²) in [6.07, 6.45) is 17.9. The summed E-state index contributed by atoms with van der Waals surface area (Å²) in [5, 5.41) is 32.7. The van der Waals surface area contributed by atoms with E-state index >= 15 is 0 Å². The lowest BCUT2D eigenvalue weighted by Crippen LogP contribution is -2.59. The van der Waals surface area contributed by atoms with Crippen molar-refractivity contribution >= 4 is 47.3 Å². The van der Waals surface area contributed by atoms with Gasteiger partial charge in [-0.05, 0) is 155 Å². The van der Waals surface area contributed by atoms with Crippen molar-refractivity contribution in [3.05, 3.63) is 0 Å². The van der Waals surface area contributed by atoms with Crippen molar-refractivity contribution in [2.45, 2.75) is 242 Å². The number of aliphatic hydroxyl groups is 1. The molecule has 19 N–H and O–H groups in total. The zero-order chi connectivity index (χ0) is 55.5. The van der Waals surface area contributed by atoms with Gasteiger partial charge in [-0.2, -0.15) is 0 Å². The lowest BCUT2D eigenvalue weighted by molar-refractivity contribution is -0.135. The van der Waals surface area contributed by atoms with Crippen LogP contribution >= 0.6 is 0 Å². The number of aliphatic hydroxyl groups excluding tert-OH is 1. The molecule has 0 aromatic rings. The summed E-state index contributed by atoms with van der Waals surface area (Å²) in [5.41, 5.74) is 28.9. The summed E-state index contributed by atoms with van der Waals surface area (Å²) < 4.78 is 0. The minimum absolute atomic E-state index is 0.0663. The Morgan fingerprint density at radius 2 is 0.933 bits per heavy atom. The van der Waals surface area contributed by atoms with Gasteiger partial charge in [0.15, 0.2) is 0 Å². The van der Waals surface area contributed by atoms with E-state index in [1.807, 2.05) is 0 Å². The van der Waals surface area contributed by atoms with E-state index in [-0.39, 0.29) is 51.5 Å². The Kier molecular flexibility index (Phi) is 40.8. The van der Waals surface area contributed by atoms with E-state index in [0.29, 0.717) is 116 Å². The fraction of sp³-hybridized carbons (Fsp3) is 0.849. The van der Waals surface area contributed by atoms with Crippen LogP contribution in [0.4, 0.5) is 0 Å². The van der Waals surface area contributed by atoms with Crippen LogP contribution in [0.5, 0.6) is 0 Å². The van der Waals surface area contributed by atoms with Gasteiger partial charge >= 0.3 is 0 Å². The third-order valence-electron chi connectivity index (χ3n) is 13.5. The molecule has 1 aliphatic heterocycles. The van der Waals surface area contributed by atoms with Crippen molar-refractivity contribution < 1.29 is 43.5 Å². The van der Waals surface area contributed by atoms with Crippen LogP contribution in [0.15, 0.2) is 0 Å². The number of hydrogen-bond acceptors (Lipinski definition) is 14. The molecule has 1 heterocycles. The predicted molar refractivity (Wildman–Crippen MR) is 293 cm³/mol. The highest BCUT2D eigenvalue weighted by molar-refractivity contribution is 5.97. The van der Waals surface area contributed by atoms with E-state index in [9.17, 15) is 43.5 Å². The van der Waals surface area contributed by atoms with Gasteiger partial charge < -0.3 is 76.3 Å². The highest BCUT2D eigenvalue weighted by Gasteiger charge is 2.33. The van der Waals surface area contributed by atoms with Gasteiger partial charge in [-0.1, -0.05) is 71.1 Å². The number of nitrogens with one attached hydrogen (secondary N) is 8. The van der Waals surface area contributed by atoms with Crippen LogP contribution in [0.1, 0.15) is 200 Å². The van der Waals surface area contributed by atoms with Crippen LogP contribution in [-0.2, 0) is 38.4 Å². The number of unbranched alkanes of at least 4 members (excludes halogenated alkanes) is 14. The van der Waals surface area contributed by atoms with E-state index in [4.69, 9.17) is 28.7 Å². The Balaban J connectivity index is 3.36. The third kappa shape index (κ3) is 33.3. The molecule has 0 bridgehead atoms. The monoisotopic (exact) mass is 1070 g/mol. The highest BCUT2D eigenvalue weighted by Crippen LogP contribution is 2.15. The lowest BCUT2D eigenvalue weighted by Gasteiger charge is -2.28. The van der Waals surface area contributed by atoms with Crippen molar-refractivity contribution in [3.63, 3.8) is 0 Å². The number of amides is 8. The molecule has 0 aliphatic carbocycles. The molecule has 0 radical (unpaired) electrons. The van der Waals surface area contributed by atoms with E-state index in [1.54, 1.807) is 0 Å². The van der Waals surface area contributed by atoms with Crippen LogP contribution < -0.4 is 71.2 Å². The molecular weight excluding hydrogens is 963 g/mol. The average Bonchev–Trinajstić information content (AvgIpc) is 3.38. The molecular formula is C53H103N13O9. The Labute approximate surface area is 448 Å². The number of hydrogen-bond donors (Lipinski definition) is 14. The van der Waals surface area contributed by atoms with Gasteiger partial charge in [0.2, 0.25) is 47.3 Å². The molecule has 0 aromatic carbocycles. The van der Waals surface area contributed by atoms with Gasteiger partial charge in [0.1, 0.15) is 36.3 Å². The molecule has 1 saturated heterocycles. The number of rotatable bonds is 38.